The smallest absolute Gasteiger partial charge is 0.345 e. The summed E-state index contributed by atoms with van der Waals surface area (Å²) in [7, 11) is 4.49. The number of halogens is 5. The van der Waals surface area contributed by atoms with Crippen LogP contribution in [0.25, 0.3) is 0 Å². The van der Waals surface area contributed by atoms with Crippen LogP contribution in [-0.4, -0.2) is 54.5 Å². The van der Waals surface area contributed by atoms with E-state index in [-0.39, 0.29) is 21.3 Å². The minimum Gasteiger partial charge on any atom is -0.468 e. The van der Waals surface area contributed by atoms with Crippen LogP contribution in [0.2, 0.25) is 0 Å². The van der Waals surface area contributed by atoms with Crippen LogP contribution in [0.3, 0.4) is 0 Å². The van der Waals surface area contributed by atoms with Gasteiger partial charge >= 0.3 is 11.9 Å². The zero-order chi connectivity index (χ0) is 26.5. The molecular formula is C21H41I5O6. The lowest BCUT2D eigenvalue weighted by molar-refractivity contribution is -0.147. The standard InChI is InChI=1S/C9H17IO3.C7H16O.C4H7IO2.CHI3/c1-9(2,3)5-6-13-7(10)8(11)12-4;1-7(2,3)5-6-8-4;1-3(5)4(6)7-2;2-1(3)4/h7H,5-6H2,1-4H3;5-6H2,1-4H3;3H,1-2H3;1H. The lowest BCUT2D eigenvalue weighted by atomic mass is 9.93. The van der Waals surface area contributed by atoms with Crippen LogP contribution >= 0.6 is 113 Å². The first kappa shape index (κ1) is 41.6. The summed E-state index contributed by atoms with van der Waals surface area (Å²) in [6, 6.07) is 0. The first-order valence-electron chi connectivity index (χ1n) is 9.81. The highest BCUT2D eigenvalue weighted by Gasteiger charge is 2.17. The number of methoxy groups -OCH3 is 3. The highest BCUT2D eigenvalue weighted by Crippen LogP contribution is 2.19. The van der Waals surface area contributed by atoms with Gasteiger partial charge in [-0.15, -0.1) is 0 Å². The van der Waals surface area contributed by atoms with Crippen molar-refractivity contribution in [1.82, 2.24) is 0 Å². The zero-order valence-electron chi connectivity index (χ0n) is 20.9. The molecule has 0 bridgehead atoms. The predicted octanol–water partition coefficient (Wildman–Crippen LogP) is 8.00. The van der Waals surface area contributed by atoms with Crippen molar-refractivity contribution in [3.8, 4) is 0 Å². The van der Waals surface area contributed by atoms with Gasteiger partial charge < -0.3 is 18.9 Å². The van der Waals surface area contributed by atoms with Crippen molar-refractivity contribution in [2.45, 2.75) is 69.3 Å². The maximum absolute atomic E-state index is 10.9. The second-order valence-electron chi connectivity index (χ2n) is 8.71. The van der Waals surface area contributed by atoms with Crippen LogP contribution in [0.4, 0.5) is 0 Å². The van der Waals surface area contributed by atoms with Crippen LogP contribution in [0, 0.1) is 10.8 Å². The first-order chi connectivity index (χ1) is 14.3. The summed E-state index contributed by atoms with van der Waals surface area (Å²) in [5, 5.41) is 0. The van der Waals surface area contributed by atoms with Gasteiger partial charge in [-0.2, -0.15) is 0 Å². The number of esters is 2. The number of carbonyl (C=O) groups excluding carboxylic acids is 2. The number of carbonyl (C=O) groups is 2. The maximum Gasteiger partial charge on any atom is 0.345 e. The molecular weight excluding hydrogens is 983 g/mol. The van der Waals surface area contributed by atoms with E-state index in [2.05, 4.69) is 119 Å². The quantitative estimate of drug-likeness (QED) is 0.146. The van der Waals surface area contributed by atoms with Crippen molar-refractivity contribution in [2.75, 3.05) is 34.5 Å². The van der Waals surface area contributed by atoms with E-state index in [4.69, 9.17) is 9.47 Å². The molecule has 0 rings (SSSR count). The van der Waals surface area contributed by atoms with Gasteiger partial charge in [0.25, 0.3) is 0 Å². The van der Waals surface area contributed by atoms with Gasteiger partial charge in [-0.1, -0.05) is 132 Å². The van der Waals surface area contributed by atoms with Gasteiger partial charge in [-0.3, -0.25) is 4.79 Å². The molecule has 2 atom stereocenters. The average Bonchev–Trinajstić information content (AvgIpc) is 2.63. The van der Waals surface area contributed by atoms with E-state index in [1.165, 1.54) is 14.2 Å². The van der Waals surface area contributed by atoms with Gasteiger partial charge in [0.05, 0.1) is 14.2 Å². The Morgan fingerprint density at radius 2 is 1.06 bits per heavy atom. The molecule has 0 fully saturated rings. The Hall–Kier alpha value is 2.51. The minimum atomic E-state index is -0.482. The van der Waals surface area contributed by atoms with Crippen LogP contribution in [0.5, 0.6) is 0 Å². The van der Waals surface area contributed by atoms with Crippen molar-refractivity contribution < 1.29 is 28.5 Å². The third-order valence-corrected chi connectivity index (χ3v) is 4.46. The van der Waals surface area contributed by atoms with Crippen LogP contribution in [-0.2, 0) is 28.5 Å². The molecule has 2 unspecified atom stereocenters. The Kier molecular flexibility index (Phi) is 32.7. The van der Waals surface area contributed by atoms with Gasteiger partial charge in [0.15, 0.2) is 0 Å². The number of ether oxygens (including phenoxy) is 4. The fourth-order valence-corrected chi connectivity index (χ4v) is 1.96. The van der Waals surface area contributed by atoms with Crippen molar-refractivity contribution >= 4 is 125 Å². The summed E-state index contributed by atoms with van der Waals surface area (Å²) >= 11 is 10.9. The van der Waals surface area contributed by atoms with E-state index in [0.29, 0.717) is 12.0 Å². The Balaban J connectivity index is -0.000000178. The highest BCUT2D eigenvalue weighted by atomic mass is 127. The molecule has 32 heavy (non-hydrogen) atoms. The van der Waals surface area contributed by atoms with E-state index in [1.54, 1.807) is 14.0 Å². The van der Waals surface area contributed by atoms with Crippen LogP contribution < -0.4 is 0 Å². The molecule has 0 amide bonds. The van der Waals surface area contributed by atoms with E-state index < -0.39 is 4.11 Å². The zero-order valence-corrected chi connectivity index (χ0v) is 31.7. The lowest BCUT2D eigenvalue weighted by Gasteiger charge is -2.18. The van der Waals surface area contributed by atoms with Gasteiger partial charge in [0.2, 0.25) is 4.11 Å². The van der Waals surface area contributed by atoms with Crippen LogP contribution in [0.15, 0.2) is 0 Å². The van der Waals surface area contributed by atoms with Crippen molar-refractivity contribution in [2.24, 2.45) is 10.8 Å². The molecule has 0 aliphatic heterocycles. The summed E-state index contributed by atoms with van der Waals surface area (Å²) in [6.07, 6.45) is 2.08. The van der Waals surface area contributed by atoms with E-state index in [9.17, 15) is 9.59 Å². The number of hydrogen-bond acceptors (Lipinski definition) is 6. The summed E-state index contributed by atoms with van der Waals surface area (Å²) in [5.74, 6) is -0.491. The molecule has 0 aliphatic rings. The minimum absolute atomic E-state index is 0.0254. The molecule has 0 aromatic carbocycles. The monoisotopic (exact) mass is 1020 g/mol. The largest absolute Gasteiger partial charge is 0.468 e. The van der Waals surface area contributed by atoms with Gasteiger partial charge in [0.1, 0.15) is 3.86 Å². The first-order valence-corrected chi connectivity index (χ1v) is 16.0. The number of rotatable bonds is 7. The molecule has 0 aromatic rings. The highest BCUT2D eigenvalue weighted by molar-refractivity contribution is 14.3. The summed E-state index contributed by atoms with van der Waals surface area (Å²) in [6.45, 7) is 16.3. The second kappa shape index (κ2) is 25.2. The van der Waals surface area contributed by atoms with E-state index in [0.717, 1.165) is 19.4 Å². The van der Waals surface area contributed by atoms with Crippen molar-refractivity contribution in [1.29, 1.82) is 0 Å². The topological polar surface area (TPSA) is 71.1 Å². The Morgan fingerprint density at radius 1 is 0.719 bits per heavy atom. The Morgan fingerprint density at radius 3 is 1.25 bits per heavy atom. The van der Waals surface area contributed by atoms with Gasteiger partial charge in [-0.05, 0) is 53.2 Å². The van der Waals surface area contributed by atoms with E-state index >= 15 is 0 Å². The summed E-state index contributed by atoms with van der Waals surface area (Å²) in [4.78, 5) is 21.2. The predicted molar refractivity (Wildman–Crippen MR) is 177 cm³/mol. The molecule has 0 N–H and O–H groups in total. The van der Waals surface area contributed by atoms with Crippen LogP contribution in [0.1, 0.15) is 61.3 Å². The van der Waals surface area contributed by atoms with Gasteiger partial charge in [0, 0.05) is 20.3 Å². The molecule has 196 valence electrons. The third-order valence-electron chi connectivity index (χ3n) is 3.08. The molecule has 6 nitrogen and oxygen atoms in total. The molecule has 0 saturated heterocycles. The molecule has 0 spiro atoms. The summed E-state index contributed by atoms with van der Waals surface area (Å²) in [5.41, 5.74) is 0.669. The third kappa shape index (κ3) is 45.9. The van der Waals surface area contributed by atoms with Crippen molar-refractivity contribution in [3.63, 3.8) is 0 Å². The number of hydrogen-bond donors (Lipinski definition) is 0. The second-order valence-corrected chi connectivity index (χ2v) is 22.6. The van der Waals surface area contributed by atoms with Gasteiger partial charge in [-0.25, -0.2) is 4.79 Å². The normalized spacial score (nSPS) is 12.6. The SMILES string of the molecule is COC(=O)C(C)I.COC(=O)C(I)OCCC(C)(C)C.COCCC(C)(C)C.IC(I)I. The average molecular weight is 1020 g/mol. The molecule has 0 radical (unpaired) electrons. The Labute approximate surface area is 264 Å². The summed E-state index contributed by atoms with van der Waals surface area (Å²) < 4.78 is 19.3. The molecule has 0 heterocycles. The molecule has 0 aromatic heterocycles. The molecule has 0 saturated carbocycles. The fraction of sp³-hybridized carbons (Fsp3) is 0.905. The molecule has 0 aliphatic carbocycles. The Bertz CT molecular complexity index is 446. The number of alkyl halides is 5. The fourth-order valence-electron chi connectivity index (χ4n) is 1.20. The maximum atomic E-state index is 10.9. The van der Waals surface area contributed by atoms with E-state index in [1.807, 2.05) is 45.2 Å². The molecule has 11 heteroatoms. The lowest BCUT2D eigenvalue weighted by Crippen LogP contribution is -2.21. The van der Waals surface area contributed by atoms with Crippen molar-refractivity contribution in [3.05, 3.63) is 0 Å².